The Bertz CT molecular complexity index is 1140. The van der Waals surface area contributed by atoms with Gasteiger partial charge in [0.2, 0.25) is 5.91 Å². The number of carbonyl (C=O) groups is 1. The van der Waals surface area contributed by atoms with Gasteiger partial charge in [0.25, 0.3) is 0 Å². The molecule has 1 saturated heterocycles. The van der Waals surface area contributed by atoms with Crippen molar-refractivity contribution in [3.05, 3.63) is 71.4 Å². The maximum absolute atomic E-state index is 13.3. The van der Waals surface area contributed by atoms with Crippen LogP contribution in [0, 0.1) is 12.8 Å². The largest absolute Gasteiger partial charge is 0.353 e. The van der Waals surface area contributed by atoms with Crippen LogP contribution in [0.15, 0.2) is 54.7 Å². The molecule has 2 heterocycles. The van der Waals surface area contributed by atoms with Crippen molar-refractivity contribution in [2.75, 3.05) is 13.1 Å². The molecule has 36 heavy (non-hydrogen) atoms. The zero-order chi connectivity index (χ0) is 24.2. The molecule has 1 aliphatic carbocycles. The normalized spacial score (nSPS) is 21.6. The molecular formula is C30H41ClN4O. The van der Waals surface area contributed by atoms with Crippen molar-refractivity contribution in [3.8, 4) is 0 Å². The molecule has 1 saturated carbocycles. The van der Waals surface area contributed by atoms with Gasteiger partial charge in [-0.3, -0.25) is 4.79 Å². The fourth-order valence-electron chi connectivity index (χ4n) is 6.08. The number of aryl methyl sites for hydroxylation is 1. The molecule has 4 N–H and O–H groups in total. The SMILES string of the molecule is Cc1cccc(C(CC(=O)NC2CCC(N)CC2)c2cn(CC3CCNCC3)c3ccccc23)c1.Cl. The van der Waals surface area contributed by atoms with Crippen LogP contribution in [0.1, 0.15) is 67.6 Å². The molecule has 1 atom stereocenters. The maximum atomic E-state index is 13.3. The topological polar surface area (TPSA) is 72.1 Å². The van der Waals surface area contributed by atoms with Crippen molar-refractivity contribution < 1.29 is 4.79 Å². The van der Waals surface area contributed by atoms with Gasteiger partial charge in [0.05, 0.1) is 0 Å². The van der Waals surface area contributed by atoms with E-state index in [2.05, 4.69) is 76.9 Å². The summed E-state index contributed by atoms with van der Waals surface area (Å²) in [6.07, 6.45) is 9.20. The number of halogens is 1. The molecule has 6 heteroatoms. The highest BCUT2D eigenvalue weighted by Crippen LogP contribution is 2.36. The zero-order valence-corrected chi connectivity index (χ0v) is 22.2. The van der Waals surface area contributed by atoms with E-state index >= 15 is 0 Å². The van der Waals surface area contributed by atoms with Gasteiger partial charge in [0.15, 0.2) is 0 Å². The molecule has 194 valence electrons. The lowest BCUT2D eigenvalue weighted by Crippen LogP contribution is -2.40. The fraction of sp³-hybridized carbons (Fsp3) is 0.500. The first kappa shape index (κ1) is 26.7. The van der Waals surface area contributed by atoms with Crippen LogP contribution in [-0.2, 0) is 11.3 Å². The fourth-order valence-corrected chi connectivity index (χ4v) is 6.08. The Hall–Kier alpha value is -2.34. The number of amides is 1. The number of rotatable bonds is 7. The highest BCUT2D eigenvalue weighted by Gasteiger charge is 2.26. The van der Waals surface area contributed by atoms with Crippen molar-refractivity contribution in [2.45, 2.75) is 76.4 Å². The Kier molecular flexibility index (Phi) is 9.10. The van der Waals surface area contributed by atoms with Crippen LogP contribution in [0.4, 0.5) is 0 Å². The van der Waals surface area contributed by atoms with E-state index in [9.17, 15) is 4.79 Å². The van der Waals surface area contributed by atoms with E-state index < -0.39 is 0 Å². The number of hydrogen-bond donors (Lipinski definition) is 3. The Balaban J connectivity index is 0.00000304. The molecule has 0 spiro atoms. The molecular weight excluding hydrogens is 468 g/mol. The van der Waals surface area contributed by atoms with Gasteiger partial charge < -0.3 is 20.9 Å². The van der Waals surface area contributed by atoms with Gasteiger partial charge in [-0.2, -0.15) is 0 Å². The first-order chi connectivity index (χ1) is 17.1. The second-order valence-corrected chi connectivity index (χ2v) is 10.8. The van der Waals surface area contributed by atoms with Crippen molar-refractivity contribution in [1.82, 2.24) is 15.2 Å². The first-order valence-electron chi connectivity index (χ1n) is 13.5. The van der Waals surface area contributed by atoms with E-state index in [0.29, 0.717) is 12.3 Å². The first-order valence-corrected chi connectivity index (χ1v) is 13.5. The lowest BCUT2D eigenvalue weighted by molar-refractivity contribution is -0.122. The third-order valence-corrected chi connectivity index (χ3v) is 8.08. The van der Waals surface area contributed by atoms with Crippen molar-refractivity contribution in [3.63, 3.8) is 0 Å². The number of para-hydroxylation sites is 1. The minimum absolute atomic E-state index is 0. The third-order valence-electron chi connectivity index (χ3n) is 8.08. The molecule has 0 radical (unpaired) electrons. The van der Waals surface area contributed by atoms with Crippen molar-refractivity contribution >= 4 is 29.2 Å². The van der Waals surface area contributed by atoms with Crippen LogP contribution >= 0.6 is 12.4 Å². The van der Waals surface area contributed by atoms with E-state index in [1.807, 2.05) is 0 Å². The summed E-state index contributed by atoms with van der Waals surface area (Å²) in [6.45, 7) is 5.38. The molecule has 2 aromatic carbocycles. The minimum Gasteiger partial charge on any atom is -0.353 e. The van der Waals surface area contributed by atoms with E-state index in [0.717, 1.165) is 45.3 Å². The second kappa shape index (κ2) is 12.3. The molecule has 5 nitrogen and oxygen atoms in total. The minimum atomic E-state index is 0. The number of nitrogens with two attached hydrogens (primary N) is 1. The van der Waals surface area contributed by atoms with Gasteiger partial charge >= 0.3 is 0 Å². The number of hydrogen-bond acceptors (Lipinski definition) is 3. The van der Waals surface area contributed by atoms with Crippen molar-refractivity contribution in [1.29, 1.82) is 0 Å². The van der Waals surface area contributed by atoms with Gasteiger partial charge in [-0.1, -0.05) is 48.0 Å². The predicted octanol–water partition coefficient (Wildman–Crippen LogP) is 5.28. The number of nitrogens with zero attached hydrogens (tertiary/aromatic N) is 1. The highest BCUT2D eigenvalue weighted by atomic mass is 35.5. The summed E-state index contributed by atoms with van der Waals surface area (Å²) in [5.41, 5.74) is 11.1. The third kappa shape index (κ3) is 6.31. The summed E-state index contributed by atoms with van der Waals surface area (Å²) in [5, 5.41) is 8.09. The monoisotopic (exact) mass is 508 g/mol. The molecule has 2 aliphatic rings. The zero-order valence-electron chi connectivity index (χ0n) is 21.4. The summed E-state index contributed by atoms with van der Waals surface area (Å²) in [5.74, 6) is 0.866. The smallest absolute Gasteiger partial charge is 0.221 e. The maximum Gasteiger partial charge on any atom is 0.221 e. The van der Waals surface area contributed by atoms with Crippen LogP contribution < -0.4 is 16.4 Å². The Morgan fingerprint density at radius 3 is 2.56 bits per heavy atom. The Morgan fingerprint density at radius 2 is 1.81 bits per heavy atom. The molecule has 1 aliphatic heterocycles. The van der Waals surface area contributed by atoms with Gasteiger partial charge in [-0.15, -0.1) is 12.4 Å². The van der Waals surface area contributed by atoms with Crippen LogP contribution in [0.2, 0.25) is 0 Å². The van der Waals surface area contributed by atoms with Crippen LogP contribution in [0.25, 0.3) is 10.9 Å². The summed E-state index contributed by atoms with van der Waals surface area (Å²) in [6, 6.07) is 17.9. The predicted molar refractivity (Wildman–Crippen MR) is 151 cm³/mol. The van der Waals surface area contributed by atoms with Gasteiger partial charge in [-0.25, -0.2) is 0 Å². The van der Waals surface area contributed by atoms with Crippen LogP contribution in [-0.4, -0.2) is 35.6 Å². The summed E-state index contributed by atoms with van der Waals surface area (Å²) < 4.78 is 2.45. The molecule has 5 rings (SSSR count). The van der Waals surface area contributed by atoms with E-state index in [1.54, 1.807) is 0 Å². The molecule has 1 aromatic heterocycles. The number of fused-ring (bicyclic) bond motifs is 1. The van der Waals surface area contributed by atoms with E-state index in [1.165, 1.54) is 40.4 Å². The number of carbonyl (C=O) groups excluding carboxylic acids is 1. The van der Waals surface area contributed by atoms with Crippen LogP contribution in [0.3, 0.4) is 0 Å². The van der Waals surface area contributed by atoms with Crippen LogP contribution in [0.5, 0.6) is 0 Å². The van der Waals surface area contributed by atoms with Crippen molar-refractivity contribution in [2.24, 2.45) is 11.7 Å². The lowest BCUT2D eigenvalue weighted by atomic mass is 9.86. The van der Waals surface area contributed by atoms with Gasteiger partial charge in [0.1, 0.15) is 0 Å². The second-order valence-electron chi connectivity index (χ2n) is 10.8. The average molecular weight is 509 g/mol. The summed E-state index contributed by atoms with van der Waals surface area (Å²) in [7, 11) is 0. The Morgan fingerprint density at radius 1 is 1.06 bits per heavy atom. The number of nitrogens with one attached hydrogen (secondary N) is 2. The molecule has 0 bridgehead atoms. The lowest BCUT2D eigenvalue weighted by Gasteiger charge is -2.27. The Labute approximate surface area is 221 Å². The number of benzene rings is 2. The quantitative estimate of drug-likeness (QED) is 0.406. The number of piperidine rings is 1. The molecule has 2 fully saturated rings. The van der Waals surface area contributed by atoms with E-state index in [4.69, 9.17) is 5.73 Å². The summed E-state index contributed by atoms with van der Waals surface area (Å²) >= 11 is 0. The van der Waals surface area contributed by atoms with Gasteiger partial charge in [-0.05, 0) is 81.6 Å². The summed E-state index contributed by atoms with van der Waals surface area (Å²) in [4.78, 5) is 13.3. The van der Waals surface area contributed by atoms with E-state index in [-0.39, 0.29) is 36.3 Å². The number of aromatic nitrogens is 1. The van der Waals surface area contributed by atoms with Gasteiger partial charge in [0, 0.05) is 48.1 Å². The average Bonchev–Trinajstić information content (AvgIpc) is 3.23. The highest BCUT2D eigenvalue weighted by molar-refractivity contribution is 5.87. The standard InChI is InChI=1S/C30H40N4O.ClH/c1-21-5-4-6-23(17-21)27(18-30(35)33-25-11-9-24(31)10-12-25)28-20-34(19-22-13-15-32-16-14-22)29-8-3-2-7-26(28)29;/h2-8,17,20,22,24-25,27,32H,9-16,18-19,31H2,1H3,(H,33,35);1H. The molecule has 3 aromatic rings. The molecule has 1 unspecified atom stereocenters. The molecule has 1 amide bonds.